The van der Waals surface area contributed by atoms with Crippen LogP contribution in [0.25, 0.3) is 0 Å². The van der Waals surface area contributed by atoms with Crippen LogP contribution in [0.3, 0.4) is 0 Å². The van der Waals surface area contributed by atoms with Crippen molar-refractivity contribution in [3.63, 3.8) is 0 Å². The van der Waals surface area contributed by atoms with Gasteiger partial charge in [0, 0.05) is 12.8 Å². The van der Waals surface area contributed by atoms with Crippen molar-refractivity contribution in [2.45, 2.75) is 77.0 Å². The Bertz CT molecular complexity index is 269. The summed E-state index contributed by atoms with van der Waals surface area (Å²) in [6, 6.07) is 0. The van der Waals surface area contributed by atoms with Gasteiger partial charge in [-0.25, -0.2) is 0 Å². The van der Waals surface area contributed by atoms with Crippen LogP contribution in [0.5, 0.6) is 0 Å². The second-order valence-electron chi connectivity index (χ2n) is 5.22. The summed E-state index contributed by atoms with van der Waals surface area (Å²) < 4.78 is 0. The summed E-state index contributed by atoms with van der Waals surface area (Å²) in [5, 5.41) is 0. The monoisotopic (exact) mass is 276 g/mol. The molecule has 114 valence electrons. The molecule has 0 aromatic rings. The molecule has 0 heterocycles. The van der Waals surface area contributed by atoms with Crippen molar-refractivity contribution in [2.24, 2.45) is 11.5 Å². The predicted molar refractivity (Wildman–Crippen MR) is 89.1 cm³/mol. The smallest absolute Gasteiger partial charge is 0.00989 e. The van der Waals surface area contributed by atoms with Gasteiger partial charge < -0.3 is 11.5 Å². The summed E-state index contributed by atoms with van der Waals surface area (Å²) in [4.78, 5) is 0. The Morgan fingerprint density at radius 2 is 0.800 bits per heavy atom. The molecule has 0 aromatic carbocycles. The second-order valence-corrected chi connectivity index (χ2v) is 5.22. The van der Waals surface area contributed by atoms with E-state index in [-0.39, 0.29) is 0 Å². The molecule has 0 saturated carbocycles. The van der Waals surface area contributed by atoms with Gasteiger partial charge in [0.1, 0.15) is 0 Å². The van der Waals surface area contributed by atoms with Crippen LogP contribution in [0, 0.1) is 23.7 Å². The van der Waals surface area contributed by atoms with Gasteiger partial charge in [-0.05, 0) is 50.6 Å². The van der Waals surface area contributed by atoms with E-state index in [0.29, 0.717) is 0 Å². The SMILES string of the molecule is NCCCCCCCC#CC#CCCCCCCCN. The first-order valence-corrected chi connectivity index (χ1v) is 8.27. The average Bonchev–Trinajstić information content (AvgIpc) is 2.47. The van der Waals surface area contributed by atoms with Gasteiger partial charge in [-0.15, -0.1) is 0 Å². The molecule has 0 spiro atoms. The predicted octanol–water partition coefficient (Wildman–Crippen LogP) is 3.59. The highest BCUT2D eigenvalue weighted by Gasteiger charge is 1.88. The molecule has 0 fully saturated rings. The first kappa shape index (κ1) is 19.0. The van der Waals surface area contributed by atoms with Crippen molar-refractivity contribution in [3.8, 4) is 23.7 Å². The fourth-order valence-electron chi connectivity index (χ4n) is 1.99. The topological polar surface area (TPSA) is 52.0 Å². The van der Waals surface area contributed by atoms with Gasteiger partial charge in [-0.1, -0.05) is 50.4 Å². The largest absolute Gasteiger partial charge is 0.330 e. The van der Waals surface area contributed by atoms with Crippen LogP contribution >= 0.6 is 0 Å². The molecule has 0 aliphatic carbocycles. The maximum absolute atomic E-state index is 5.45. The lowest BCUT2D eigenvalue weighted by Gasteiger charge is -1.96. The Kier molecular flexibility index (Phi) is 17.2. The van der Waals surface area contributed by atoms with Gasteiger partial charge in [0.15, 0.2) is 0 Å². The van der Waals surface area contributed by atoms with Crippen molar-refractivity contribution in [1.82, 2.24) is 0 Å². The summed E-state index contributed by atoms with van der Waals surface area (Å²) in [7, 11) is 0. The molecule has 4 N–H and O–H groups in total. The molecule has 0 radical (unpaired) electrons. The maximum atomic E-state index is 5.45. The van der Waals surface area contributed by atoms with E-state index in [9.17, 15) is 0 Å². The van der Waals surface area contributed by atoms with Crippen LogP contribution < -0.4 is 11.5 Å². The Morgan fingerprint density at radius 3 is 1.20 bits per heavy atom. The fourth-order valence-corrected chi connectivity index (χ4v) is 1.99. The molecule has 0 atom stereocenters. The van der Waals surface area contributed by atoms with E-state index >= 15 is 0 Å². The Labute approximate surface area is 126 Å². The van der Waals surface area contributed by atoms with Gasteiger partial charge in [0.2, 0.25) is 0 Å². The van der Waals surface area contributed by atoms with E-state index in [1.54, 1.807) is 0 Å². The summed E-state index contributed by atoms with van der Waals surface area (Å²) in [6.07, 6.45) is 14.3. The van der Waals surface area contributed by atoms with Crippen molar-refractivity contribution in [1.29, 1.82) is 0 Å². The first-order valence-electron chi connectivity index (χ1n) is 8.27. The van der Waals surface area contributed by atoms with Crippen LogP contribution in [-0.4, -0.2) is 13.1 Å². The van der Waals surface area contributed by atoms with Crippen LogP contribution in [0.15, 0.2) is 0 Å². The first-order chi connectivity index (χ1) is 9.91. The summed E-state index contributed by atoms with van der Waals surface area (Å²) in [5.41, 5.74) is 10.9. The van der Waals surface area contributed by atoms with Gasteiger partial charge in [-0.2, -0.15) is 0 Å². The zero-order chi connectivity index (χ0) is 14.7. The van der Waals surface area contributed by atoms with E-state index in [1.165, 1.54) is 51.4 Å². The lowest BCUT2D eigenvalue weighted by Crippen LogP contribution is -1.97. The third-order valence-electron chi connectivity index (χ3n) is 3.25. The zero-order valence-electron chi connectivity index (χ0n) is 13.1. The number of hydrogen-bond acceptors (Lipinski definition) is 2. The number of hydrogen-bond donors (Lipinski definition) is 2. The van der Waals surface area contributed by atoms with Crippen LogP contribution in [0.2, 0.25) is 0 Å². The summed E-state index contributed by atoms with van der Waals surface area (Å²) in [5.74, 6) is 12.2. The van der Waals surface area contributed by atoms with Crippen molar-refractivity contribution in [2.75, 3.05) is 13.1 Å². The molecule has 0 aliphatic heterocycles. The van der Waals surface area contributed by atoms with E-state index in [1.807, 2.05) is 0 Å². The highest BCUT2D eigenvalue weighted by Crippen LogP contribution is 2.04. The minimum Gasteiger partial charge on any atom is -0.330 e. The minimum atomic E-state index is 0.822. The Morgan fingerprint density at radius 1 is 0.450 bits per heavy atom. The van der Waals surface area contributed by atoms with Crippen molar-refractivity contribution < 1.29 is 0 Å². The Balaban J connectivity index is 3.24. The number of nitrogens with two attached hydrogens (primary N) is 2. The lowest BCUT2D eigenvalue weighted by molar-refractivity contribution is 0.625. The molecule has 2 heteroatoms. The molecule has 0 rings (SSSR count). The van der Waals surface area contributed by atoms with E-state index < -0.39 is 0 Å². The summed E-state index contributed by atoms with van der Waals surface area (Å²) >= 11 is 0. The third kappa shape index (κ3) is 17.0. The highest BCUT2D eigenvalue weighted by atomic mass is 14.5. The minimum absolute atomic E-state index is 0.822. The zero-order valence-corrected chi connectivity index (χ0v) is 13.1. The lowest BCUT2D eigenvalue weighted by atomic mass is 10.1. The number of unbranched alkanes of at least 4 members (excludes halogenated alkanes) is 10. The molecule has 0 unspecified atom stereocenters. The van der Waals surface area contributed by atoms with Crippen molar-refractivity contribution >= 4 is 0 Å². The molecule has 0 amide bonds. The maximum Gasteiger partial charge on any atom is 0.00989 e. The van der Waals surface area contributed by atoms with Gasteiger partial charge in [0.25, 0.3) is 0 Å². The quantitative estimate of drug-likeness (QED) is 0.423. The molecule has 0 bridgehead atoms. The molecule has 0 aliphatic rings. The van der Waals surface area contributed by atoms with Gasteiger partial charge in [0.05, 0.1) is 0 Å². The molecule has 0 aromatic heterocycles. The van der Waals surface area contributed by atoms with E-state index in [4.69, 9.17) is 11.5 Å². The molecule has 0 saturated heterocycles. The van der Waals surface area contributed by atoms with E-state index in [2.05, 4.69) is 23.7 Å². The molecular weight excluding hydrogens is 244 g/mol. The fraction of sp³-hybridized carbons (Fsp3) is 0.778. The second kappa shape index (κ2) is 18.0. The standard InChI is InChI=1S/C18H32N2/c19-17-15-13-11-9-7-5-3-1-2-4-6-8-10-12-14-16-18-20/h5-20H2. The molecule has 2 nitrogen and oxygen atoms in total. The van der Waals surface area contributed by atoms with Crippen LogP contribution in [0.4, 0.5) is 0 Å². The molecular formula is C18H32N2. The van der Waals surface area contributed by atoms with Gasteiger partial charge in [-0.3, -0.25) is 0 Å². The molecule has 20 heavy (non-hydrogen) atoms. The summed E-state index contributed by atoms with van der Waals surface area (Å²) in [6.45, 7) is 1.64. The van der Waals surface area contributed by atoms with Crippen molar-refractivity contribution in [3.05, 3.63) is 0 Å². The Hall–Kier alpha value is -0.960. The third-order valence-corrected chi connectivity index (χ3v) is 3.25. The van der Waals surface area contributed by atoms with Gasteiger partial charge >= 0.3 is 0 Å². The van der Waals surface area contributed by atoms with Crippen LogP contribution in [-0.2, 0) is 0 Å². The average molecular weight is 276 g/mol. The normalized spacial score (nSPS) is 9.50. The van der Waals surface area contributed by atoms with Crippen LogP contribution in [0.1, 0.15) is 77.0 Å². The highest BCUT2D eigenvalue weighted by molar-refractivity contribution is 5.25. The number of rotatable bonds is 12. The van der Waals surface area contributed by atoms with E-state index in [0.717, 1.165) is 38.8 Å².